The summed E-state index contributed by atoms with van der Waals surface area (Å²) < 4.78 is 0. The number of carbonyl (C=O) groups is 1. The number of carbonyl (C=O) groups excluding carboxylic acids is 1. The summed E-state index contributed by atoms with van der Waals surface area (Å²) in [7, 11) is 0. The monoisotopic (exact) mass is 318 g/mol. The Bertz CT molecular complexity index is 729. The molecule has 2 rings (SSSR count). The van der Waals surface area contributed by atoms with Crippen molar-refractivity contribution in [1.29, 1.82) is 0 Å². The number of thioether (sulfide) groups is 1. The van der Waals surface area contributed by atoms with Gasteiger partial charge in [0.2, 0.25) is 5.91 Å². The second-order valence-electron chi connectivity index (χ2n) is 4.85. The lowest BCUT2D eigenvalue weighted by molar-refractivity contribution is -0.115. The molecule has 4 N–H and O–H groups in total. The first-order valence-electron chi connectivity index (χ1n) is 6.89. The van der Waals surface area contributed by atoms with Crippen molar-refractivity contribution in [1.82, 2.24) is 9.97 Å². The van der Waals surface area contributed by atoms with Gasteiger partial charge in [-0.05, 0) is 31.0 Å². The quantitative estimate of drug-likeness (QED) is 0.579. The summed E-state index contributed by atoms with van der Waals surface area (Å²) in [6.07, 6.45) is 0.598. The van der Waals surface area contributed by atoms with Crippen LogP contribution in [-0.2, 0) is 4.79 Å². The number of nitrogens with one attached hydrogen (secondary N) is 2. The molecule has 6 nitrogen and oxygen atoms in total. The second-order valence-corrected chi connectivity index (χ2v) is 6.04. The number of anilines is 2. The maximum Gasteiger partial charge on any atom is 0.253 e. The number of hydrogen-bond donors (Lipinski definition) is 3. The molecule has 116 valence electrons. The number of nitrogens with two attached hydrogens (primary N) is 1. The fourth-order valence-electron chi connectivity index (χ4n) is 1.91. The van der Waals surface area contributed by atoms with Crippen LogP contribution in [0.2, 0.25) is 0 Å². The lowest BCUT2D eigenvalue weighted by atomic mass is 10.2. The van der Waals surface area contributed by atoms with Crippen LogP contribution in [0.3, 0.4) is 0 Å². The van der Waals surface area contributed by atoms with E-state index in [0.29, 0.717) is 11.6 Å². The Balaban J connectivity index is 2.10. The molecule has 0 saturated carbocycles. The Hall–Kier alpha value is -2.28. The summed E-state index contributed by atoms with van der Waals surface area (Å²) in [5.74, 6) is 0.00312. The van der Waals surface area contributed by atoms with Crippen LogP contribution >= 0.6 is 11.8 Å². The molecule has 0 aliphatic rings. The van der Waals surface area contributed by atoms with Crippen LogP contribution in [-0.4, -0.2) is 21.1 Å². The third-order valence-corrected chi connectivity index (χ3v) is 4.19. The zero-order chi connectivity index (χ0) is 16.1. The second kappa shape index (κ2) is 7.13. The van der Waals surface area contributed by atoms with E-state index in [2.05, 4.69) is 15.3 Å². The number of nitrogens with zero attached hydrogens (tertiary/aromatic N) is 1. The van der Waals surface area contributed by atoms with Gasteiger partial charge in [0.25, 0.3) is 5.56 Å². The van der Waals surface area contributed by atoms with E-state index in [4.69, 9.17) is 5.73 Å². The molecule has 1 aromatic carbocycles. The van der Waals surface area contributed by atoms with Gasteiger partial charge in [-0.2, -0.15) is 0 Å². The van der Waals surface area contributed by atoms with Gasteiger partial charge in [0.1, 0.15) is 5.82 Å². The molecule has 0 fully saturated rings. The van der Waals surface area contributed by atoms with Crippen molar-refractivity contribution in [3.8, 4) is 0 Å². The molecule has 1 atom stereocenters. The molecular formula is C15H18N4O2S. The molecule has 1 aromatic heterocycles. The third-order valence-electron chi connectivity index (χ3n) is 2.94. The van der Waals surface area contributed by atoms with Gasteiger partial charge in [0, 0.05) is 11.8 Å². The number of nitrogen functional groups attached to an aromatic ring is 1. The summed E-state index contributed by atoms with van der Waals surface area (Å²) in [5.41, 5.74) is 7.04. The first-order valence-corrected chi connectivity index (χ1v) is 7.77. The molecule has 1 amide bonds. The highest BCUT2D eigenvalue weighted by atomic mass is 32.2. The van der Waals surface area contributed by atoms with Crippen molar-refractivity contribution < 1.29 is 4.79 Å². The van der Waals surface area contributed by atoms with E-state index in [-0.39, 0.29) is 22.5 Å². The Morgan fingerprint density at radius 1 is 1.45 bits per heavy atom. The molecule has 2 aromatic rings. The largest absolute Gasteiger partial charge is 0.383 e. The maximum absolute atomic E-state index is 12.3. The minimum Gasteiger partial charge on any atom is -0.383 e. The van der Waals surface area contributed by atoms with E-state index < -0.39 is 0 Å². The van der Waals surface area contributed by atoms with E-state index in [9.17, 15) is 9.59 Å². The number of aromatic nitrogens is 2. The molecule has 0 bridgehead atoms. The number of aryl methyl sites for hydroxylation is 1. The van der Waals surface area contributed by atoms with Crippen LogP contribution in [0.25, 0.3) is 0 Å². The standard InChI is InChI=1S/C15H18N4O2S/c1-3-11(22-15-18-12(16)8-13(20)19-15)14(21)17-10-6-4-5-9(2)7-10/h4-8,11H,3H2,1-2H3,(H,17,21)(H3,16,18,19,20). The van der Waals surface area contributed by atoms with Crippen molar-refractivity contribution in [2.45, 2.75) is 30.7 Å². The Labute approximate surface area is 132 Å². The average molecular weight is 318 g/mol. The molecule has 0 spiro atoms. The Morgan fingerprint density at radius 2 is 2.23 bits per heavy atom. The van der Waals surface area contributed by atoms with E-state index in [1.165, 1.54) is 17.8 Å². The van der Waals surface area contributed by atoms with Crippen LogP contribution in [0.4, 0.5) is 11.5 Å². The van der Waals surface area contributed by atoms with Crippen LogP contribution in [0.1, 0.15) is 18.9 Å². The van der Waals surface area contributed by atoms with E-state index in [1.54, 1.807) is 0 Å². The number of H-pyrrole nitrogens is 1. The summed E-state index contributed by atoms with van der Waals surface area (Å²) in [5, 5.41) is 2.85. The van der Waals surface area contributed by atoms with Gasteiger partial charge in [-0.25, -0.2) is 4.98 Å². The van der Waals surface area contributed by atoms with Gasteiger partial charge >= 0.3 is 0 Å². The molecular weight excluding hydrogens is 300 g/mol. The molecule has 0 aliphatic carbocycles. The highest BCUT2D eigenvalue weighted by Crippen LogP contribution is 2.23. The molecule has 1 unspecified atom stereocenters. The maximum atomic E-state index is 12.3. The Morgan fingerprint density at radius 3 is 2.86 bits per heavy atom. The van der Waals surface area contributed by atoms with E-state index >= 15 is 0 Å². The fraction of sp³-hybridized carbons (Fsp3) is 0.267. The van der Waals surface area contributed by atoms with Crippen LogP contribution < -0.4 is 16.6 Å². The van der Waals surface area contributed by atoms with E-state index in [1.807, 2.05) is 38.1 Å². The normalized spacial score (nSPS) is 11.9. The number of benzene rings is 1. The molecule has 1 heterocycles. The van der Waals surface area contributed by atoms with Gasteiger partial charge in [-0.15, -0.1) is 0 Å². The van der Waals surface area contributed by atoms with E-state index in [0.717, 1.165) is 11.3 Å². The van der Waals surface area contributed by atoms with Gasteiger partial charge in [0.05, 0.1) is 5.25 Å². The Kier molecular flexibility index (Phi) is 5.21. The van der Waals surface area contributed by atoms with Gasteiger partial charge < -0.3 is 16.0 Å². The van der Waals surface area contributed by atoms with Crippen molar-refractivity contribution in [2.24, 2.45) is 0 Å². The molecule has 7 heteroatoms. The number of aromatic amines is 1. The fourth-order valence-corrected chi connectivity index (χ4v) is 2.83. The first-order chi connectivity index (χ1) is 10.5. The number of rotatable bonds is 5. The zero-order valence-corrected chi connectivity index (χ0v) is 13.2. The van der Waals surface area contributed by atoms with Crippen molar-refractivity contribution >= 4 is 29.2 Å². The smallest absolute Gasteiger partial charge is 0.253 e. The van der Waals surface area contributed by atoms with Crippen molar-refractivity contribution in [2.75, 3.05) is 11.1 Å². The van der Waals surface area contributed by atoms with Crippen LogP contribution in [0.15, 0.2) is 40.3 Å². The summed E-state index contributed by atoms with van der Waals surface area (Å²) in [6.45, 7) is 3.86. The van der Waals surface area contributed by atoms with Gasteiger partial charge in [0.15, 0.2) is 5.16 Å². The minimum absolute atomic E-state index is 0.136. The highest BCUT2D eigenvalue weighted by Gasteiger charge is 2.19. The predicted molar refractivity (Wildman–Crippen MR) is 89.0 cm³/mol. The molecule has 22 heavy (non-hydrogen) atoms. The summed E-state index contributed by atoms with van der Waals surface area (Å²) in [6, 6.07) is 8.79. The molecule has 0 radical (unpaired) electrons. The zero-order valence-electron chi connectivity index (χ0n) is 12.4. The van der Waals surface area contributed by atoms with Crippen LogP contribution in [0, 0.1) is 6.92 Å². The first kappa shape index (κ1) is 16.1. The summed E-state index contributed by atoms with van der Waals surface area (Å²) >= 11 is 1.19. The summed E-state index contributed by atoms with van der Waals surface area (Å²) in [4.78, 5) is 30.3. The lowest BCUT2D eigenvalue weighted by Gasteiger charge is -2.14. The van der Waals surface area contributed by atoms with Gasteiger partial charge in [-0.3, -0.25) is 9.59 Å². The average Bonchev–Trinajstić information content (AvgIpc) is 2.43. The predicted octanol–water partition coefficient (Wildman–Crippen LogP) is 2.17. The number of hydrogen-bond acceptors (Lipinski definition) is 5. The van der Waals surface area contributed by atoms with Crippen molar-refractivity contribution in [3.05, 3.63) is 46.2 Å². The topological polar surface area (TPSA) is 101 Å². The number of amides is 1. The minimum atomic E-state index is -0.370. The lowest BCUT2D eigenvalue weighted by Crippen LogP contribution is -2.25. The molecule has 0 aliphatic heterocycles. The third kappa shape index (κ3) is 4.36. The highest BCUT2D eigenvalue weighted by molar-refractivity contribution is 8.00. The molecule has 0 saturated heterocycles. The van der Waals surface area contributed by atoms with Crippen molar-refractivity contribution in [3.63, 3.8) is 0 Å². The van der Waals surface area contributed by atoms with Crippen LogP contribution in [0.5, 0.6) is 0 Å². The van der Waals surface area contributed by atoms with Gasteiger partial charge in [-0.1, -0.05) is 30.8 Å². The SMILES string of the molecule is CCC(Sc1nc(N)cc(=O)[nH]1)C(=O)Nc1cccc(C)c1.